The molecule has 4 heteroatoms. The lowest BCUT2D eigenvalue weighted by Crippen LogP contribution is -2.15. The molecule has 2 rings (SSSR count). The molecule has 0 atom stereocenters. The van der Waals surface area contributed by atoms with Gasteiger partial charge in [0.25, 0.3) is 0 Å². The van der Waals surface area contributed by atoms with Crippen LogP contribution in [0.4, 0.5) is 5.82 Å². The number of nitrogens with one attached hydrogen (secondary N) is 1. The number of hydrogen-bond acceptors (Lipinski definition) is 4. The third-order valence-corrected chi connectivity index (χ3v) is 3.83. The Bertz CT molecular complexity index is 505. The molecular weight excluding hydrogens is 250 g/mol. The third kappa shape index (κ3) is 3.10. The monoisotopic (exact) mass is 273 g/mol. The van der Waals surface area contributed by atoms with Gasteiger partial charge in [0.1, 0.15) is 11.9 Å². The summed E-state index contributed by atoms with van der Waals surface area (Å²) in [7, 11) is 0. The Balaban J connectivity index is 2.39. The minimum atomic E-state index is 0.154. The van der Waals surface area contributed by atoms with Crippen LogP contribution in [0, 0.1) is 11.3 Å². The second-order valence-electron chi connectivity index (χ2n) is 5.31. The number of hydrogen-bond donors (Lipinski definition) is 2. The summed E-state index contributed by atoms with van der Waals surface area (Å²) in [4.78, 5) is 4.70. The number of aryl methyl sites for hydroxylation is 1. The Morgan fingerprint density at radius 1 is 1.30 bits per heavy atom. The number of aromatic nitrogens is 1. The van der Waals surface area contributed by atoms with Crippen LogP contribution < -0.4 is 5.32 Å². The van der Waals surface area contributed by atoms with E-state index in [1.807, 2.05) is 0 Å². The molecule has 0 spiro atoms. The Hall–Kier alpha value is -1.60. The molecule has 0 radical (unpaired) electrons. The fourth-order valence-corrected chi connectivity index (χ4v) is 2.88. The first-order chi connectivity index (χ1) is 9.81. The molecule has 0 aromatic carbocycles. The molecule has 0 bridgehead atoms. The molecule has 1 aliphatic carbocycles. The highest BCUT2D eigenvalue weighted by atomic mass is 16.3. The molecule has 0 unspecified atom stereocenters. The SMILES string of the molecule is CCCc1nc(NCCCO)c(C#N)c2c1CCCC2. The second kappa shape index (κ2) is 7.25. The molecule has 108 valence electrons. The average molecular weight is 273 g/mol. The number of nitrogens with zero attached hydrogens (tertiary/aromatic N) is 2. The standard InChI is InChI=1S/C16H23N3O/c1-2-6-15-13-8-4-3-7-12(13)14(11-17)16(19-15)18-9-5-10-20/h20H,2-10H2,1H3,(H,18,19). The number of rotatable bonds is 6. The van der Waals surface area contributed by atoms with Gasteiger partial charge in [0.2, 0.25) is 0 Å². The van der Waals surface area contributed by atoms with Crippen molar-refractivity contribution in [2.75, 3.05) is 18.5 Å². The molecular formula is C16H23N3O. The van der Waals surface area contributed by atoms with Crippen LogP contribution in [0.25, 0.3) is 0 Å². The first-order valence-electron chi connectivity index (χ1n) is 7.61. The van der Waals surface area contributed by atoms with E-state index in [-0.39, 0.29) is 6.61 Å². The number of anilines is 1. The fraction of sp³-hybridized carbons (Fsp3) is 0.625. The first-order valence-corrected chi connectivity index (χ1v) is 7.61. The van der Waals surface area contributed by atoms with E-state index < -0.39 is 0 Å². The van der Waals surface area contributed by atoms with Gasteiger partial charge in [-0.15, -0.1) is 0 Å². The summed E-state index contributed by atoms with van der Waals surface area (Å²) in [6.07, 6.45) is 7.13. The minimum absolute atomic E-state index is 0.154. The van der Waals surface area contributed by atoms with E-state index in [0.29, 0.717) is 18.8 Å². The fourth-order valence-electron chi connectivity index (χ4n) is 2.88. The van der Waals surface area contributed by atoms with Crippen LogP contribution in [0.1, 0.15) is 55.0 Å². The van der Waals surface area contributed by atoms with Crippen molar-refractivity contribution in [2.45, 2.75) is 51.9 Å². The Labute approximate surface area is 120 Å². The maximum absolute atomic E-state index is 9.47. The van der Waals surface area contributed by atoms with Gasteiger partial charge in [-0.25, -0.2) is 4.98 Å². The summed E-state index contributed by atoms with van der Waals surface area (Å²) in [6.45, 7) is 2.97. The average Bonchev–Trinajstić information content (AvgIpc) is 2.48. The zero-order chi connectivity index (χ0) is 14.4. The van der Waals surface area contributed by atoms with Crippen LogP contribution >= 0.6 is 0 Å². The molecule has 1 aromatic heterocycles. The molecule has 2 N–H and O–H groups in total. The summed E-state index contributed by atoms with van der Waals surface area (Å²) in [5.41, 5.74) is 4.41. The lowest BCUT2D eigenvalue weighted by atomic mass is 9.87. The predicted molar refractivity (Wildman–Crippen MR) is 79.8 cm³/mol. The predicted octanol–water partition coefficient (Wildman–Crippen LogP) is 2.58. The van der Waals surface area contributed by atoms with Gasteiger partial charge in [0.05, 0.1) is 5.56 Å². The van der Waals surface area contributed by atoms with Gasteiger partial charge < -0.3 is 10.4 Å². The van der Waals surface area contributed by atoms with Crippen LogP contribution in [0.3, 0.4) is 0 Å². The highest BCUT2D eigenvalue weighted by Gasteiger charge is 2.21. The molecule has 1 aliphatic rings. The van der Waals surface area contributed by atoms with Crippen molar-refractivity contribution in [1.82, 2.24) is 4.98 Å². The van der Waals surface area contributed by atoms with Crippen LogP contribution in [0.5, 0.6) is 0 Å². The molecule has 0 aliphatic heterocycles. The van der Waals surface area contributed by atoms with E-state index in [1.54, 1.807) is 0 Å². The largest absolute Gasteiger partial charge is 0.396 e. The highest BCUT2D eigenvalue weighted by Crippen LogP contribution is 2.30. The van der Waals surface area contributed by atoms with E-state index in [9.17, 15) is 5.26 Å². The number of nitriles is 1. The van der Waals surface area contributed by atoms with E-state index in [0.717, 1.165) is 43.4 Å². The summed E-state index contributed by atoms with van der Waals surface area (Å²) < 4.78 is 0. The summed E-state index contributed by atoms with van der Waals surface area (Å²) in [6, 6.07) is 2.33. The summed E-state index contributed by atoms with van der Waals surface area (Å²) >= 11 is 0. The Morgan fingerprint density at radius 3 is 2.70 bits per heavy atom. The lowest BCUT2D eigenvalue weighted by molar-refractivity contribution is 0.292. The van der Waals surface area contributed by atoms with Crippen molar-refractivity contribution in [3.8, 4) is 6.07 Å². The van der Waals surface area contributed by atoms with Gasteiger partial charge in [0, 0.05) is 18.8 Å². The van der Waals surface area contributed by atoms with Gasteiger partial charge in [0.15, 0.2) is 0 Å². The van der Waals surface area contributed by atoms with Gasteiger partial charge in [-0.05, 0) is 49.7 Å². The van der Waals surface area contributed by atoms with E-state index >= 15 is 0 Å². The summed E-state index contributed by atoms with van der Waals surface area (Å²) in [5, 5.41) is 21.6. The summed E-state index contributed by atoms with van der Waals surface area (Å²) in [5.74, 6) is 0.713. The molecule has 0 amide bonds. The quantitative estimate of drug-likeness (QED) is 0.782. The Kier molecular flexibility index (Phi) is 5.37. The van der Waals surface area contributed by atoms with Crippen molar-refractivity contribution in [1.29, 1.82) is 5.26 Å². The van der Waals surface area contributed by atoms with E-state index in [2.05, 4.69) is 18.3 Å². The van der Waals surface area contributed by atoms with Crippen molar-refractivity contribution in [3.63, 3.8) is 0 Å². The molecule has 4 nitrogen and oxygen atoms in total. The van der Waals surface area contributed by atoms with Crippen molar-refractivity contribution in [3.05, 3.63) is 22.4 Å². The molecule has 0 fully saturated rings. The lowest BCUT2D eigenvalue weighted by Gasteiger charge is -2.22. The Morgan fingerprint density at radius 2 is 2.05 bits per heavy atom. The van der Waals surface area contributed by atoms with Gasteiger partial charge >= 0.3 is 0 Å². The second-order valence-corrected chi connectivity index (χ2v) is 5.31. The van der Waals surface area contributed by atoms with E-state index in [4.69, 9.17) is 10.1 Å². The number of aliphatic hydroxyl groups excluding tert-OH is 1. The minimum Gasteiger partial charge on any atom is -0.396 e. The normalized spacial score (nSPS) is 13.7. The van der Waals surface area contributed by atoms with Crippen molar-refractivity contribution in [2.24, 2.45) is 0 Å². The van der Waals surface area contributed by atoms with Gasteiger partial charge in [-0.1, -0.05) is 13.3 Å². The number of aliphatic hydroxyl groups is 1. The van der Waals surface area contributed by atoms with Gasteiger partial charge in [-0.3, -0.25) is 0 Å². The third-order valence-electron chi connectivity index (χ3n) is 3.83. The van der Waals surface area contributed by atoms with Crippen LogP contribution in [-0.2, 0) is 19.3 Å². The first kappa shape index (κ1) is 14.8. The molecule has 0 saturated carbocycles. The number of pyridine rings is 1. The molecule has 20 heavy (non-hydrogen) atoms. The molecule has 1 aromatic rings. The zero-order valence-electron chi connectivity index (χ0n) is 12.2. The maximum Gasteiger partial charge on any atom is 0.144 e. The van der Waals surface area contributed by atoms with E-state index in [1.165, 1.54) is 17.5 Å². The molecule has 0 saturated heterocycles. The highest BCUT2D eigenvalue weighted by molar-refractivity contribution is 5.60. The van der Waals surface area contributed by atoms with Crippen molar-refractivity contribution >= 4 is 5.82 Å². The maximum atomic E-state index is 9.47. The zero-order valence-corrected chi connectivity index (χ0v) is 12.2. The van der Waals surface area contributed by atoms with Crippen molar-refractivity contribution < 1.29 is 5.11 Å². The van der Waals surface area contributed by atoms with Crippen LogP contribution in [0.2, 0.25) is 0 Å². The topological polar surface area (TPSA) is 68.9 Å². The smallest absolute Gasteiger partial charge is 0.144 e. The number of fused-ring (bicyclic) bond motifs is 1. The van der Waals surface area contributed by atoms with Crippen LogP contribution in [0.15, 0.2) is 0 Å². The molecule has 1 heterocycles. The van der Waals surface area contributed by atoms with Gasteiger partial charge in [-0.2, -0.15) is 5.26 Å². The van der Waals surface area contributed by atoms with Crippen LogP contribution in [-0.4, -0.2) is 23.2 Å².